The molecule has 0 spiro atoms. The lowest BCUT2D eigenvalue weighted by molar-refractivity contribution is 1.28. The van der Waals surface area contributed by atoms with Gasteiger partial charge < -0.3 is 19.6 Å². The second kappa shape index (κ2) is 29.0. The average molecular weight is 1430 g/mol. The second-order valence-corrected chi connectivity index (χ2v) is 28.6. The maximum atomic E-state index is 2.44. The van der Waals surface area contributed by atoms with Gasteiger partial charge >= 0.3 is 0 Å². The summed E-state index contributed by atoms with van der Waals surface area (Å²) in [6.07, 6.45) is 0. The van der Waals surface area contributed by atoms with E-state index in [2.05, 4.69) is 469 Å². The Balaban J connectivity index is 0.000000147. The van der Waals surface area contributed by atoms with E-state index in [-0.39, 0.29) is 0 Å². The van der Waals surface area contributed by atoms with Crippen LogP contribution in [0.5, 0.6) is 0 Å². The quantitative estimate of drug-likeness (QED) is 0.121. The monoisotopic (exact) mass is 1430 g/mol. The summed E-state index contributed by atoms with van der Waals surface area (Å²) in [4.78, 5) is 9.67. The predicted molar refractivity (Wildman–Crippen MR) is 475 cm³/mol. The number of benzene rings is 19. The fraction of sp³-hybridized carbons (Fsp3) is 0. The molecule has 0 saturated carbocycles. The molecule has 526 valence electrons. The summed E-state index contributed by atoms with van der Waals surface area (Å²) in [5.41, 5.74) is 32.8. The molecule has 0 amide bonds. The highest BCUT2D eigenvalue weighted by molar-refractivity contribution is 6.19. The number of nitrogens with zero attached hydrogens (tertiary/aromatic N) is 4. The molecule has 2 aliphatic heterocycles. The Morgan fingerprint density at radius 2 is 0.429 bits per heavy atom. The Morgan fingerprint density at radius 3 is 0.804 bits per heavy atom. The Bertz CT molecular complexity index is 6420. The third-order valence-electron chi connectivity index (χ3n) is 22.2. The fourth-order valence-corrected chi connectivity index (χ4v) is 17.0. The molecule has 0 unspecified atom stereocenters. The van der Waals surface area contributed by atoms with Gasteiger partial charge in [0, 0.05) is 67.2 Å². The normalized spacial score (nSPS) is 11.7. The molecular weight excluding hydrogens is 1350 g/mol. The van der Waals surface area contributed by atoms with Gasteiger partial charge in [-0.1, -0.05) is 334 Å². The molecule has 0 saturated heterocycles. The minimum Gasteiger partial charge on any atom is -0.310 e. The zero-order chi connectivity index (χ0) is 74.3. The molecule has 19 aromatic carbocycles. The van der Waals surface area contributed by atoms with Gasteiger partial charge in [0.1, 0.15) is 0 Å². The minimum absolute atomic E-state index is 1.10. The van der Waals surface area contributed by atoms with Crippen molar-refractivity contribution in [2.45, 2.75) is 0 Å². The van der Waals surface area contributed by atoms with E-state index in [9.17, 15) is 0 Å². The van der Waals surface area contributed by atoms with Crippen molar-refractivity contribution < 1.29 is 0 Å². The highest BCUT2D eigenvalue weighted by Crippen LogP contribution is 2.56. The highest BCUT2D eigenvalue weighted by Gasteiger charge is 2.30. The minimum atomic E-state index is 1.10. The summed E-state index contributed by atoms with van der Waals surface area (Å²) in [6, 6.07) is 163. The van der Waals surface area contributed by atoms with Crippen LogP contribution in [0, 0.1) is 0 Å². The first-order valence-electron chi connectivity index (χ1n) is 38.5. The van der Waals surface area contributed by atoms with E-state index < -0.39 is 0 Å². The number of para-hydroxylation sites is 6. The summed E-state index contributed by atoms with van der Waals surface area (Å²) >= 11 is 0. The van der Waals surface area contributed by atoms with Gasteiger partial charge in [0.15, 0.2) is 0 Å². The number of hydrogen-bond acceptors (Lipinski definition) is 4. The fourth-order valence-electron chi connectivity index (χ4n) is 17.0. The Kier molecular flexibility index (Phi) is 17.3. The zero-order valence-electron chi connectivity index (χ0n) is 61.5. The molecule has 2 aliphatic rings. The molecule has 0 fully saturated rings. The molecule has 19 aromatic rings. The maximum absolute atomic E-state index is 2.44. The smallest absolute Gasteiger partial charge is 0.0540 e. The number of anilines is 12. The van der Waals surface area contributed by atoms with Crippen LogP contribution in [-0.2, 0) is 0 Å². The van der Waals surface area contributed by atoms with Crippen molar-refractivity contribution in [3.05, 3.63) is 449 Å². The highest BCUT2D eigenvalue weighted by atomic mass is 15.2. The van der Waals surface area contributed by atoms with Gasteiger partial charge in [-0.05, 0) is 204 Å². The SMILES string of the molecule is c1ccc(-c2ccc(N3c4ccccc4-c4cccc5c(N(c6ccc(-c7ccccc7)cc6)c6ccc(-c7ccccc7)cc6)ccc(c45)-c4ccccc43)cc2)cc1.c1ccc(N(c2ccccc2)c2ccc3c4c(cccc24)-c2ccccc2N(c2ccc(-c4ccc5ccccc5c4)cc2)c2ccccc2-3)cc1. The summed E-state index contributed by atoms with van der Waals surface area (Å²) in [6.45, 7) is 0. The lowest BCUT2D eigenvalue weighted by Gasteiger charge is -2.33. The van der Waals surface area contributed by atoms with Gasteiger partial charge in [-0.3, -0.25) is 0 Å². The van der Waals surface area contributed by atoms with Crippen LogP contribution in [-0.4, -0.2) is 0 Å². The van der Waals surface area contributed by atoms with Crippen molar-refractivity contribution in [3.63, 3.8) is 0 Å². The van der Waals surface area contributed by atoms with Crippen LogP contribution in [0.2, 0.25) is 0 Å². The van der Waals surface area contributed by atoms with Crippen molar-refractivity contribution in [2.75, 3.05) is 19.6 Å². The summed E-state index contributed by atoms with van der Waals surface area (Å²) in [5, 5.41) is 7.40. The Labute approximate surface area is 653 Å². The third-order valence-corrected chi connectivity index (χ3v) is 22.2. The number of rotatable bonds is 12. The van der Waals surface area contributed by atoms with Crippen molar-refractivity contribution in [1.29, 1.82) is 0 Å². The van der Waals surface area contributed by atoms with Crippen LogP contribution in [0.25, 0.3) is 121 Å². The molecule has 2 heterocycles. The topological polar surface area (TPSA) is 13.0 Å². The first-order chi connectivity index (χ1) is 55.6. The van der Waals surface area contributed by atoms with Gasteiger partial charge in [-0.15, -0.1) is 0 Å². The maximum Gasteiger partial charge on any atom is 0.0540 e. The standard InChI is InChI=1S/C58H40N2.C50H34N2/c1-4-15-41(16-5-1)44-27-33-47(34-28-44)59(48-35-29-45(30-36-48)42-17-6-2-7-18-42)57-40-39-53-51-22-11-13-26-56(51)60(49-37-31-46(32-38-49)43-19-8-3-9-20-43)55-25-12-10-21-50(55)52-23-14-24-54(57)58(52)53;1-3-16-39(17-4-1)51(40-18-5-2-6-19-40)49-33-32-45-43-21-10-12-25-48(43)52(47-24-11-9-20-42(47)44-22-13-23-46(49)50(44)45)41-30-28-36(29-31-41)38-27-26-35-14-7-8-15-37(35)34-38/h1-40H;1-34H. The van der Waals surface area contributed by atoms with E-state index in [1.54, 1.807) is 0 Å². The summed E-state index contributed by atoms with van der Waals surface area (Å²) in [7, 11) is 0. The van der Waals surface area contributed by atoms with E-state index >= 15 is 0 Å². The predicted octanol–water partition coefficient (Wildman–Crippen LogP) is 30.7. The molecule has 21 rings (SSSR count). The van der Waals surface area contributed by atoms with E-state index in [0.29, 0.717) is 0 Å². The van der Waals surface area contributed by atoms with E-state index in [1.807, 2.05) is 0 Å². The molecule has 0 atom stereocenters. The lowest BCUT2D eigenvalue weighted by Crippen LogP contribution is -2.14. The van der Waals surface area contributed by atoms with Gasteiger partial charge in [-0.2, -0.15) is 0 Å². The average Bonchev–Trinajstić information content (AvgIpc) is 0.728. The van der Waals surface area contributed by atoms with Crippen LogP contribution >= 0.6 is 0 Å². The molecule has 4 nitrogen and oxygen atoms in total. The van der Waals surface area contributed by atoms with E-state index in [4.69, 9.17) is 0 Å². The Hall–Kier alpha value is -14.8. The first kappa shape index (κ1) is 66.6. The Morgan fingerprint density at radius 1 is 0.161 bits per heavy atom. The van der Waals surface area contributed by atoms with Crippen LogP contribution in [0.1, 0.15) is 0 Å². The van der Waals surface area contributed by atoms with E-state index in [1.165, 1.54) is 121 Å². The number of hydrogen-bond donors (Lipinski definition) is 0. The molecular formula is C108H74N4. The summed E-state index contributed by atoms with van der Waals surface area (Å²) < 4.78 is 0. The van der Waals surface area contributed by atoms with Gasteiger partial charge in [0.2, 0.25) is 0 Å². The van der Waals surface area contributed by atoms with Crippen molar-refractivity contribution in [2.24, 2.45) is 0 Å². The van der Waals surface area contributed by atoms with Crippen molar-refractivity contribution in [1.82, 2.24) is 0 Å². The molecule has 112 heavy (non-hydrogen) atoms. The van der Waals surface area contributed by atoms with Crippen LogP contribution < -0.4 is 19.6 Å². The first-order valence-corrected chi connectivity index (χ1v) is 38.5. The lowest BCUT2D eigenvalue weighted by atomic mass is 9.86. The number of fused-ring (bicyclic) bond motifs is 9. The largest absolute Gasteiger partial charge is 0.310 e. The second-order valence-electron chi connectivity index (χ2n) is 28.6. The van der Waals surface area contributed by atoms with Gasteiger partial charge in [-0.25, -0.2) is 0 Å². The van der Waals surface area contributed by atoms with Gasteiger partial charge in [0.25, 0.3) is 0 Å². The molecule has 0 aliphatic carbocycles. The van der Waals surface area contributed by atoms with Crippen LogP contribution in [0.3, 0.4) is 0 Å². The summed E-state index contributed by atoms with van der Waals surface area (Å²) in [5.74, 6) is 0. The molecule has 0 radical (unpaired) electrons. The molecule has 4 heteroatoms. The molecule has 0 aromatic heterocycles. The molecule has 0 bridgehead atoms. The van der Waals surface area contributed by atoms with Crippen LogP contribution in [0.4, 0.5) is 68.2 Å². The van der Waals surface area contributed by atoms with Gasteiger partial charge in [0.05, 0.1) is 34.1 Å². The van der Waals surface area contributed by atoms with E-state index in [0.717, 1.165) is 68.2 Å². The molecule has 0 N–H and O–H groups in total. The third kappa shape index (κ3) is 12.2. The van der Waals surface area contributed by atoms with Crippen molar-refractivity contribution in [3.8, 4) is 89.0 Å². The zero-order valence-corrected chi connectivity index (χ0v) is 61.5. The van der Waals surface area contributed by atoms with Crippen molar-refractivity contribution >= 4 is 101 Å². The van der Waals surface area contributed by atoms with Crippen LogP contribution in [0.15, 0.2) is 449 Å².